The first-order chi connectivity index (χ1) is 6.65. The maximum absolute atomic E-state index is 9.29. The molecule has 3 heteroatoms. The van der Waals surface area contributed by atoms with Crippen molar-refractivity contribution in [1.82, 2.24) is 0 Å². The van der Waals surface area contributed by atoms with Crippen LogP contribution in [0.15, 0.2) is 24.3 Å². The van der Waals surface area contributed by atoms with Crippen molar-refractivity contribution in [1.29, 1.82) is 0 Å². The summed E-state index contributed by atoms with van der Waals surface area (Å²) in [5.74, 6) is 0.828. The van der Waals surface area contributed by atoms with Crippen LogP contribution in [0.3, 0.4) is 0 Å². The maximum atomic E-state index is 9.29. The minimum atomic E-state index is -0.534. The Balaban J connectivity index is 2.72. The van der Waals surface area contributed by atoms with Crippen LogP contribution in [0.2, 0.25) is 0 Å². The largest absolute Gasteiger partial charge is 0.494 e. The van der Waals surface area contributed by atoms with Crippen LogP contribution in [0.1, 0.15) is 25.5 Å². The first-order valence-corrected chi connectivity index (χ1v) is 4.81. The lowest BCUT2D eigenvalue weighted by atomic mass is 10.0. The molecule has 0 aliphatic heterocycles. The Morgan fingerprint density at radius 3 is 2.36 bits per heavy atom. The summed E-state index contributed by atoms with van der Waals surface area (Å²) in [6, 6.07) is 7.15. The second-order valence-electron chi connectivity index (χ2n) is 3.27. The van der Waals surface area contributed by atoms with Crippen molar-refractivity contribution < 1.29 is 9.84 Å². The standard InChI is InChI=1S/C11H17NO2/c1-3-14-10-6-4-9(5-7-10)11(12)8(2)13/h4-8,11,13H,3,12H2,1-2H3/t8-,11-/m0/s1. The van der Waals surface area contributed by atoms with Gasteiger partial charge in [-0.15, -0.1) is 0 Å². The molecule has 0 aliphatic carbocycles. The van der Waals surface area contributed by atoms with E-state index in [1.54, 1.807) is 6.92 Å². The molecule has 1 aromatic carbocycles. The fourth-order valence-electron chi connectivity index (χ4n) is 1.23. The van der Waals surface area contributed by atoms with Crippen molar-refractivity contribution in [3.63, 3.8) is 0 Å². The van der Waals surface area contributed by atoms with Gasteiger partial charge in [-0.1, -0.05) is 12.1 Å². The highest BCUT2D eigenvalue weighted by Gasteiger charge is 2.11. The SMILES string of the molecule is CCOc1ccc([C@@H](N)[C@H](C)O)cc1. The molecule has 0 aromatic heterocycles. The molecule has 2 atom stereocenters. The predicted octanol–water partition coefficient (Wildman–Crippen LogP) is 1.47. The van der Waals surface area contributed by atoms with Crippen molar-refractivity contribution in [3.8, 4) is 5.75 Å². The Bertz CT molecular complexity index is 269. The molecule has 0 aliphatic rings. The fourth-order valence-corrected chi connectivity index (χ4v) is 1.23. The topological polar surface area (TPSA) is 55.5 Å². The second kappa shape index (κ2) is 4.98. The molecule has 0 amide bonds. The summed E-state index contributed by atoms with van der Waals surface area (Å²) in [6.45, 7) is 4.28. The molecule has 0 heterocycles. The van der Waals surface area contributed by atoms with E-state index < -0.39 is 6.10 Å². The fraction of sp³-hybridized carbons (Fsp3) is 0.455. The Morgan fingerprint density at radius 2 is 1.93 bits per heavy atom. The van der Waals surface area contributed by atoms with Gasteiger partial charge in [0.05, 0.1) is 18.8 Å². The molecule has 78 valence electrons. The summed E-state index contributed by atoms with van der Waals surface area (Å²) in [5, 5.41) is 9.29. The zero-order chi connectivity index (χ0) is 10.6. The third-order valence-electron chi connectivity index (χ3n) is 2.10. The Morgan fingerprint density at radius 1 is 1.36 bits per heavy atom. The minimum Gasteiger partial charge on any atom is -0.494 e. The van der Waals surface area contributed by atoms with Crippen LogP contribution in [0, 0.1) is 0 Å². The van der Waals surface area contributed by atoms with E-state index in [9.17, 15) is 5.11 Å². The summed E-state index contributed by atoms with van der Waals surface area (Å²) in [6.07, 6.45) is -0.534. The van der Waals surface area contributed by atoms with E-state index in [4.69, 9.17) is 10.5 Å². The van der Waals surface area contributed by atoms with Crippen LogP contribution in [0.4, 0.5) is 0 Å². The van der Waals surface area contributed by atoms with Gasteiger partial charge in [0.1, 0.15) is 5.75 Å². The molecule has 0 spiro atoms. The van der Waals surface area contributed by atoms with Gasteiger partial charge >= 0.3 is 0 Å². The number of nitrogens with two attached hydrogens (primary N) is 1. The highest BCUT2D eigenvalue weighted by Crippen LogP contribution is 2.18. The smallest absolute Gasteiger partial charge is 0.119 e. The zero-order valence-electron chi connectivity index (χ0n) is 8.60. The summed E-state index contributed by atoms with van der Waals surface area (Å²) in [5.41, 5.74) is 6.69. The molecular formula is C11H17NO2. The lowest BCUT2D eigenvalue weighted by Gasteiger charge is -2.15. The molecule has 0 saturated heterocycles. The van der Waals surface area contributed by atoms with Gasteiger partial charge in [0.2, 0.25) is 0 Å². The van der Waals surface area contributed by atoms with E-state index >= 15 is 0 Å². The Hall–Kier alpha value is -1.06. The van der Waals surface area contributed by atoms with Gasteiger partial charge in [-0.25, -0.2) is 0 Å². The monoisotopic (exact) mass is 195 g/mol. The molecule has 3 N–H and O–H groups in total. The van der Waals surface area contributed by atoms with Crippen molar-refractivity contribution in [2.45, 2.75) is 26.0 Å². The molecule has 1 aromatic rings. The Kier molecular flexibility index (Phi) is 3.92. The molecular weight excluding hydrogens is 178 g/mol. The molecule has 0 bridgehead atoms. The molecule has 14 heavy (non-hydrogen) atoms. The van der Waals surface area contributed by atoms with E-state index in [-0.39, 0.29) is 6.04 Å². The van der Waals surface area contributed by atoms with E-state index in [2.05, 4.69) is 0 Å². The van der Waals surface area contributed by atoms with E-state index in [0.717, 1.165) is 11.3 Å². The summed E-state index contributed by atoms with van der Waals surface area (Å²) >= 11 is 0. The first kappa shape index (κ1) is 11.0. The number of benzene rings is 1. The van der Waals surface area contributed by atoms with Gasteiger partial charge in [-0.2, -0.15) is 0 Å². The minimum absolute atomic E-state index is 0.328. The van der Waals surface area contributed by atoms with Gasteiger partial charge in [-0.05, 0) is 31.5 Å². The lowest BCUT2D eigenvalue weighted by molar-refractivity contribution is 0.164. The average molecular weight is 195 g/mol. The molecule has 0 fully saturated rings. The third kappa shape index (κ3) is 2.72. The van der Waals surface area contributed by atoms with Gasteiger partial charge in [-0.3, -0.25) is 0 Å². The number of hydrogen-bond donors (Lipinski definition) is 2. The summed E-state index contributed by atoms with van der Waals surface area (Å²) in [4.78, 5) is 0. The number of ether oxygens (including phenoxy) is 1. The maximum Gasteiger partial charge on any atom is 0.119 e. The first-order valence-electron chi connectivity index (χ1n) is 4.81. The predicted molar refractivity (Wildman–Crippen MR) is 56.2 cm³/mol. The lowest BCUT2D eigenvalue weighted by Crippen LogP contribution is -2.22. The highest BCUT2D eigenvalue weighted by molar-refractivity contribution is 5.29. The second-order valence-corrected chi connectivity index (χ2v) is 3.27. The average Bonchev–Trinajstić information content (AvgIpc) is 2.18. The van der Waals surface area contributed by atoms with Gasteiger partial charge in [0, 0.05) is 0 Å². The van der Waals surface area contributed by atoms with E-state index in [1.165, 1.54) is 0 Å². The normalized spacial score (nSPS) is 14.9. The van der Waals surface area contributed by atoms with E-state index in [0.29, 0.717) is 6.61 Å². The van der Waals surface area contributed by atoms with Crippen molar-refractivity contribution in [2.75, 3.05) is 6.61 Å². The number of aliphatic hydroxyl groups is 1. The Labute approximate surface area is 84.5 Å². The van der Waals surface area contributed by atoms with Crippen molar-refractivity contribution in [3.05, 3.63) is 29.8 Å². The van der Waals surface area contributed by atoms with Crippen LogP contribution in [-0.4, -0.2) is 17.8 Å². The van der Waals surface area contributed by atoms with Crippen molar-refractivity contribution in [2.24, 2.45) is 5.73 Å². The van der Waals surface area contributed by atoms with Crippen molar-refractivity contribution >= 4 is 0 Å². The quantitative estimate of drug-likeness (QED) is 0.764. The van der Waals surface area contributed by atoms with Gasteiger partial charge in [0.25, 0.3) is 0 Å². The number of rotatable bonds is 4. The van der Waals surface area contributed by atoms with Gasteiger partial charge in [0.15, 0.2) is 0 Å². The molecule has 1 rings (SSSR count). The highest BCUT2D eigenvalue weighted by atomic mass is 16.5. The molecule has 0 radical (unpaired) electrons. The molecule has 3 nitrogen and oxygen atoms in total. The molecule has 0 saturated carbocycles. The van der Waals surface area contributed by atoms with Crippen LogP contribution in [0.5, 0.6) is 5.75 Å². The van der Waals surface area contributed by atoms with Crippen LogP contribution >= 0.6 is 0 Å². The van der Waals surface area contributed by atoms with Gasteiger partial charge < -0.3 is 15.6 Å². The summed E-state index contributed by atoms with van der Waals surface area (Å²) in [7, 11) is 0. The number of hydrogen-bond acceptors (Lipinski definition) is 3. The third-order valence-corrected chi connectivity index (χ3v) is 2.10. The summed E-state index contributed by atoms with van der Waals surface area (Å²) < 4.78 is 5.30. The zero-order valence-corrected chi connectivity index (χ0v) is 8.60. The van der Waals surface area contributed by atoms with Crippen LogP contribution < -0.4 is 10.5 Å². The molecule has 0 unspecified atom stereocenters. The van der Waals surface area contributed by atoms with Crippen LogP contribution in [0.25, 0.3) is 0 Å². The number of aliphatic hydroxyl groups excluding tert-OH is 1. The van der Waals surface area contributed by atoms with Crippen LogP contribution in [-0.2, 0) is 0 Å². The van der Waals surface area contributed by atoms with E-state index in [1.807, 2.05) is 31.2 Å².